The minimum absolute atomic E-state index is 0.343. The molecule has 0 saturated heterocycles. The Morgan fingerprint density at radius 3 is 2.43 bits per heavy atom. The molecule has 0 aliphatic heterocycles. The molecule has 23 heavy (non-hydrogen) atoms. The van der Waals surface area contributed by atoms with Gasteiger partial charge in [-0.2, -0.15) is 0 Å². The molecule has 0 aromatic heterocycles. The van der Waals surface area contributed by atoms with Crippen molar-refractivity contribution in [3.63, 3.8) is 0 Å². The van der Waals surface area contributed by atoms with Gasteiger partial charge in [0.1, 0.15) is 5.75 Å². The van der Waals surface area contributed by atoms with Gasteiger partial charge < -0.3 is 10.1 Å². The molecule has 4 bridgehead atoms. The Kier molecular flexibility index (Phi) is 3.63. The zero-order valence-electron chi connectivity index (χ0n) is 14.5. The van der Waals surface area contributed by atoms with Gasteiger partial charge in [-0.15, -0.1) is 0 Å². The molecule has 4 aliphatic rings. The molecule has 0 radical (unpaired) electrons. The lowest BCUT2D eigenvalue weighted by molar-refractivity contribution is -0.118. The van der Waals surface area contributed by atoms with Crippen LogP contribution < -0.4 is 10.1 Å². The lowest BCUT2D eigenvalue weighted by Gasteiger charge is -2.65. The van der Waals surface area contributed by atoms with E-state index in [9.17, 15) is 0 Å². The zero-order valence-corrected chi connectivity index (χ0v) is 16.1. The molecule has 0 amide bonds. The highest BCUT2D eigenvalue weighted by Crippen LogP contribution is 2.66. The van der Waals surface area contributed by atoms with Gasteiger partial charge in [0, 0.05) is 22.1 Å². The van der Waals surface area contributed by atoms with Crippen LogP contribution in [0.1, 0.15) is 57.9 Å². The maximum absolute atomic E-state index is 5.55. The highest BCUT2D eigenvalue weighted by Gasteiger charge is 2.59. The van der Waals surface area contributed by atoms with Crippen molar-refractivity contribution in [2.24, 2.45) is 16.7 Å². The summed E-state index contributed by atoms with van der Waals surface area (Å²) in [6, 6.07) is 6.30. The fourth-order valence-electron chi connectivity index (χ4n) is 6.81. The van der Waals surface area contributed by atoms with Crippen molar-refractivity contribution < 1.29 is 4.74 Å². The Morgan fingerprint density at radius 1 is 1.13 bits per heavy atom. The number of benzene rings is 1. The SMILES string of the molecule is COc1ccc(Br)cc1CNC12CC3CC(C)(CC(C)(C3)C1)C2. The van der Waals surface area contributed by atoms with Gasteiger partial charge in [-0.1, -0.05) is 29.8 Å². The monoisotopic (exact) mass is 377 g/mol. The first kappa shape index (κ1) is 16.0. The van der Waals surface area contributed by atoms with Crippen LogP contribution in [0.15, 0.2) is 22.7 Å². The molecule has 1 N–H and O–H groups in total. The Bertz CT molecular complexity index is 610. The number of hydrogen-bond acceptors (Lipinski definition) is 2. The van der Waals surface area contributed by atoms with Gasteiger partial charge in [-0.3, -0.25) is 0 Å². The van der Waals surface area contributed by atoms with Gasteiger partial charge in [0.2, 0.25) is 0 Å². The molecular formula is C20H28BrNO. The Labute approximate surface area is 148 Å². The molecule has 5 rings (SSSR count). The van der Waals surface area contributed by atoms with Crippen molar-refractivity contribution in [2.45, 2.75) is 64.5 Å². The summed E-state index contributed by atoms with van der Waals surface area (Å²) < 4.78 is 6.68. The minimum atomic E-state index is 0.343. The first-order valence-electron chi connectivity index (χ1n) is 8.90. The quantitative estimate of drug-likeness (QED) is 0.768. The van der Waals surface area contributed by atoms with Crippen LogP contribution in [-0.4, -0.2) is 12.6 Å². The van der Waals surface area contributed by atoms with Gasteiger partial charge >= 0.3 is 0 Å². The highest BCUT2D eigenvalue weighted by atomic mass is 79.9. The van der Waals surface area contributed by atoms with Gasteiger partial charge in [-0.25, -0.2) is 0 Å². The number of hydrogen-bond donors (Lipinski definition) is 1. The summed E-state index contributed by atoms with van der Waals surface area (Å²) in [5.41, 5.74) is 2.72. The predicted molar refractivity (Wildman–Crippen MR) is 97.7 cm³/mol. The van der Waals surface area contributed by atoms with Crippen molar-refractivity contribution in [3.8, 4) is 5.75 Å². The predicted octanol–water partition coefficient (Wildman–Crippen LogP) is 5.30. The van der Waals surface area contributed by atoms with Crippen LogP contribution in [0.5, 0.6) is 5.75 Å². The molecule has 1 aromatic rings. The summed E-state index contributed by atoms with van der Waals surface area (Å²) in [4.78, 5) is 0. The smallest absolute Gasteiger partial charge is 0.123 e. The molecule has 2 unspecified atom stereocenters. The standard InChI is InChI=1S/C20H28BrNO/c1-18-7-14-8-19(2,11-18)13-20(9-14,12-18)22-10-15-6-16(21)4-5-17(15)23-3/h4-6,14,22H,7-13H2,1-3H3. The Morgan fingerprint density at radius 2 is 1.83 bits per heavy atom. The van der Waals surface area contributed by atoms with Crippen LogP contribution in [0.2, 0.25) is 0 Å². The molecule has 4 aliphatic carbocycles. The van der Waals surface area contributed by atoms with E-state index in [0.29, 0.717) is 16.4 Å². The summed E-state index contributed by atoms with van der Waals surface area (Å²) in [7, 11) is 1.76. The maximum Gasteiger partial charge on any atom is 0.123 e. The third-order valence-corrected chi connectivity index (χ3v) is 7.02. The lowest BCUT2D eigenvalue weighted by atomic mass is 9.43. The van der Waals surface area contributed by atoms with Crippen LogP contribution >= 0.6 is 15.9 Å². The summed E-state index contributed by atoms with van der Waals surface area (Å²) in [5.74, 6) is 1.92. The van der Waals surface area contributed by atoms with Gasteiger partial charge in [0.25, 0.3) is 0 Å². The van der Waals surface area contributed by atoms with E-state index in [2.05, 4.69) is 53.3 Å². The number of halogens is 1. The summed E-state index contributed by atoms with van der Waals surface area (Å²) in [6.45, 7) is 5.97. The number of nitrogens with one attached hydrogen (secondary N) is 1. The summed E-state index contributed by atoms with van der Waals surface area (Å²) in [6.07, 6.45) is 8.40. The van der Waals surface area contributed by atoms with E-state index in [0.717, 1.165) is 22.7 Å². The lowest BCUT2D eigenvalue weighted by Crippen LogP contribution is -2.63. The molecule has 1 aromatic carbocycles. The topological polar surface area (TPSA) is 21.3 Å². The third kappa shape index (κ3) is 2.84. The van der Waals surface area contributed by atoms with Gasteiger partial charge in [0.15, 0.2) is 0 Å². The van der Waals surface area contributed by atoms with Crippen molar-refractivity contribution in [2.75, 3.05) is 7.11 Å². The van der Waals surface area contributed by atoms with Crippen LogP contribution in [-0.2, 0) is 6.54 Å². The van der Waals surface area contributed by atoms with Crippen molar-refractivity contribution in [1.29, 1.82) is 0 Å². The third-order valence-electron chi connectivity index (χ3n) is 6.52. The maximum atomic E-state index is 5.55. The second kappa shape index (κ2) is 5.23. The van der Waals surface area contributed by atoms with Gasteiger partial charge in [0.05, 0.1) is 7.11 Å². The van der Waals surface area contributed by atoms with E-state index in [1.165, 1.54) is 44.1 Å². The minimum Gasteiger partial charge on any atom is -0.496 e. The van der Waals surface area contributed by atoms with E-state index in [1.807, 2.05) is 0 Å². The first-order chi connectivity index (χ1) is 10.8. The fourth-order valence-corrected chi connectivity index (χ4v) is 7.22. The van der Waals surface area contributed by atoms with Gasteiger partial charge in [-0.05, 0) is 73.5 Å². The van der Waals surface area contributed by atoms with Crippen molar-refractivity contribution in [3.05, 3.63) is 28.2 Å². The van der Waals surface area contributed by atoms with E-state index in [1.54, 1.807) is 7.11 Å². The molecule has 2 atom stereocenters. The molecule has 4 saturated carbocycles. The van der Waals surface area contributed by atoms with E-state index >= 15 is 0 Å². The average Bonchev–Trinajstić information content (AvgIpc) is 2.41. The van der Waals surface area contributed by atoms with E-state index < -0.39 is 0 Å². The molecular weight excluding hydrogens is 350 g/mol. The van der Waals surface area contributed by atoms with Crippen LogP contribution in [0.3, 0.4) is 0 Å². The van der Waals surface area contributed by atoms with Crippen LogP contribution in [0.4, 0.5) is 0 Å². The number of ether oxygens (including phenoxy) is 1. The summed E-state index contributed by atoms with van der Waals surface area (Å²) in [5, 5.41) is 4.00. The second-order valence-corrected chi connectivity index (χ2v) is 10.1. The Hall–Kier alpha value is -0.540. The summed E-state index contributed by atoms with van der Waals surface area (Å²) >= 11 is 3.59. The van der Waals surface area contributed by atoms with Crippen LogP contribution in [0.25, 0.3) is 0 Å². The van der Waals surface area contributed by atoms with E-state index in [-0.39, 0.29) is 0 Å². The zero-order chi connectivity index (χ0) is 16.3. The Balaban J connectivity index is 1.56. The largest absolute Gasteiger partial charge is 0.496 e. The number of rotatable bonds is 4. The van der Waals surface area contributed by atoms with Crippen molar-refractivity contribution >= 4 is 15.9 Å². The molecule has 4 fully saturated rings. The van der Waals surface area contributed by atoms with Crippen LogP contribution in [0, 0.1) is 16.7 Å². The molecule has 2 nitrogen and oxygen atoms in total. The fraction of sp³-hybridized carbons (Fsp3) is 0.700. The second-order valence-electron chi connectivity index (χ2n) is 9.22. The molecule has 3 heteroatoms. The normalized spacial score (nSPS) is 41.3. The number of methoxy groups -OCH3 is 1. The molecule has 0 heterocycles. The highest BCUT2D eigenvalue weighted by molar-refractivity contribution is 9.10. The molecule has 0 spiro atoms. The first-order valence-corrected chi connectivity index (χ1v) is 9.70. The van der Waals surface area contributed by atoms with E-state index in [4.69, 9.17) is 4.74 Å². The van der Waals surface area contributed by atoms with Crippen molar-refractivity contribution in [1.82, 2.24) is 5.32 Å². The molecule has 126 valence electrons. The average molecular weight is 378 g/mol.